The van der Waals surface area contributed by atoms with Gasteiger partial charge in [0.05, 0.1) is 5.69 Å². The molecule has 3 heterocycles. The number of rotatable bonds is 4. The van der Waals surface area contributed by atoms with Gasteiger partial charge in [0.2, 0.25) is 0 Å². The highest BCUT2D eigenvalue weighted by molar-refractivity contribution is 7.26. The lowest BCUT2D eigenvalue weighted by Gasteiger charge is -2.39. The predicted octanol–water partition coefficient (Wildman–Crippen LogP) is 12.2. The number of benzene rings is 9. The van der Waals surface area contributed by atoms with Gasteiger partial charge in [-0.05, 0) is 105 Å². The molecule has 0 bridgehead atoms. The molecular formula is C50H31BN2OS. The van der Waals surface area contributed by atoms with Gasteiger partial charge in [-0.1, -0.05) is 115 Å². The molecule has 5 heteroatoms. The summed E-state index contributed by atoms with van der Waals surface area (Å²) in [4.78, 5) is 4.77. The van der Waals surface area contributed by atoms with Gasteiger partial charge >= 0.3 is 0 Å². The quantitative estimate of drug-likeness (QED) is 0.169. The Labute approximate surface area is 323 Å². The van der Waals surface area contributed by atoms with E-state index in [0.29, 0.717) is 0 Å². The number of para-hydroxylation sites is 3. The van der Waals surface area contributed by atoms with Crippen LogP contribution in [-0.2, 0) is 0 Å². The highest BCUT2D eigenvalue weighted by Gasteiger charge is 2.41. The molecule has 0 unspecified atom stereocenters. The van der Waals surface area contributed by atoms with E-state index in [1.165, 1.54) is 69.5 Å². The van der Waals surface area contributed by atoms with Gasteiger partial charge in [-0.3, -0.25) is 0 Å². The summed E-state index contributed by atoms with van der Waals surface area (Å²) in [7, 11) is 0. The Morgan fingerprint density at radius 2 is 1.22 bits per heavy atom. The average Bonchev–Trinajstić information content (AvgIpc) is 3.61. The van der Waals surface area contributed by atoms with Crippen LogP contribution in [-0.4, -0.2) is 6.71 Å². The molecule has 0 N–H and O–H groups in total. The van der Waals surface area contributed by atoms with E-state index in [1.54, 1.807) is 0 Å². The largest absolute Gasteiger partial charge is 0.458 e. The fourth-order valence-electron chi connectivity index (χ4n) is 9.08. The zero-order chi connectivity index (χ0) is 36.0. The van der Waals surface area contributed by atoms with Crippen LogP contribution in [0.1, 0.15) is 0 Å². The smallest absolute Gasteiger partial charge is 0.256 e. The number of hydrogen-bond acceptors (Lipinski definition) is 4. The van der Waals surface area contributed by atoms with Gasteiger partial charge in [-0.25, -0.2) is 0 Å². The van der Waals surface area contributed by atoms with E-state index in [-0.39, 0.29) is 6.71 Å². The molecule has 10 aromatic rings. The summed E-state index contributed by atoms with van der Waals surface area (Å²) in [6.45, 7) is 0.0677. The second-order valence-electron chi connectivity index (χ2n) is 14.5. The van der Waals surface area contributed by atoms with Crippen molar-refractivity contribution in [2.24, 2.45) is 0 Å². The molecule has 0 saturated heterocycles. The van der Waals surface area contributed by atoms with Crippen LogP contribution in [0.3, 0.4) is 0 Å². The first-order chi connectivity index (χ1) is 27.3. The number of anilines is 6. The maximum absolute atomic E-state index is 6.87. The molecule has 9 aromatic carbocycles. The van der Waals surface area contributed by atoms with Crippen molar-refractivity contribution < 1.29 is 4.74 Å². The van der Waals surface area contributed by atoms with E-state index in [0.717, 1.165) is 34.2 Å². The third kappa shape index (κ3) is 4.57. The number of ether oxygens (including phenoxy) is 1. The van der Waals surface area contributed by atoms with Crippen LogP contribution in [0.2, 0.25) is 0 Å². The van der Waals surface area contributed by atoms with Gasteiger partial charge in [0.25, 0.3) is 6.71 Å². The molecule has 55 heavy (non-hydrogen) atoms. The third-order valence-corrected chi connectivity index (χ3v) is 12.7. The molecule has 0 saturated carbocycles. The van der Waals surface area contributed by atoms with Crippen LogP contribution >= 0.6 is 11.3 Å². The molecule has 0 atom stereocenters. The Kier molecular flexibility index (Phi) is 6.60. The van der Waals surface area contributed by atoms with Gasteiger partial charge in [-0.2, -0.15) is 0 Å². The molecule has 0 fully saturated rings. The number of hydrogen-bond donors (Lipinski definition) is 0. The molecule has 0 radical (unpaired) electrons. The molecule has 2 aliphatic heterocycles. The second-order valence-corrected chi connectivity index (χ2v) is 15.5. The van der Waals surface area contributed by atoms with Crippen LogP contribution in [0.15, 0.2) is 188 Å². The normalized spacial score (nSPS) is 12.8. The molecule has 1 aromatic heterocycles. The first-order valence-electron chi connectivity index (χ1n) is 18.8. The Morgan fingerprint density at radius 1 is 0.473 bits per heavy atom. The molecule has 2 aliphatic rings. The summed E-state index contributed by atoms with van der Waals surface area (Å²) in [5, 5.41) is 7.44. The molecule has 12 rings (SSSR count). The lowest BCUT2D eigenvalue weighted by molar-refractivity contribution is 0.488. The first-order valence-corrected chi connectivity index (χ1v) is 19.6. The summed E-state index contributed by atoms with van der Waals surface area (Å²) in [6, 6.07) is 68.2. The van der Waals surface area contributed by atoms with Crippen molar-refractivity contribution in [1.29, 1.82) is 0 Å². The summed E-state index contributed by atoms with van der Waals surface area (Å²) >= 11 is 1.89. The van der Waals surface area contributed by atoms with Crippen LogP contribution in [0.5, 0.6) is 11.5 Å². The van der Waals surface area contributed by atoms with Crippen molar-refractivity contribution in [3.8, 4) is 11.5 Å². The minimum absolute atomic E-state index is 0.0677. The summed E-state index contributed by atoms with van der Waals surface area (Å²) in [5.74, 6) is 1.87. The maximum Gasteiger partial charge on any atom is 0.256 e. The fourth-order valence-corrected chi connectivity index (χ4v) is 10.3. The van der Waals surface area contributed by atoms with Crippen LogP contribution < -0.4 is 30.9 Å². The summed E-state index contributed by atoms with van der Waals surface area (Å²) < 4.78 is 9.45. The Balaban J connectivity index is 1.02. The van der Waals surface area contributed by atoms with Crippen molar-refractivity contribution in [3.05, 3.63) is 188 Å². The summed E-state index contributed by atoms with van der Waals surface area (Å²) in [6.07, 6.45) is 0. The lowest BCUT2D eigenvalue weighted by Crippen LogP contribution is -2.59. The topological polar surface area (TPSA) is 15.7 Å². The molecule has 0 amide bonds. The van der Waals surface area contributed by atoms with Crippen molar-refractivity contribution in [2.75, 3.05) is 9.80 Å². The van der Waals surface area contributed by atoms with E-state index >= 15 is 0 Å². The highest BCUT2D eigenvalue weighted by atomic mass is 32.1. The van der Waals surface area contributed by atoms with E-state index < -0.39 is 0 Å². The van der Waals surface area contributed by atoms with Gasteiger partial charge in [-0.15, -0.1) is 11.3 Å². The average molecular weight is 719 g/mol. The zero-order valence-corrected chi connectivity index (χ0v) is 30.5. The lowest BCUT2D eigenvalue weighted by atomic mass is 9.34. The molecule has 0 aliphatic carbocycles. The number of fused-ring (bicyclic) bond motifs is 10. The van der Waals surface area contributed by atoms with Crippen molar-refractivity contribution >= 4 is 110 Å². The van der Waals surface area contributed by atoms with Crippen LogP contribution in [0.4, 0.5) is 34.1 Å². The van der Waals surface area contributed by atoms with Gasteiger partial charge in [0.15, 0.2) is 0 Å². The summed E-state index contributed by atoms with van der Waals surface area (Å²) in [5.41, 5.74) is 10.7. The molecule has 0 spiro atoms. The van der Waals surface area contributed by atoms with Crippen molar-refractivity contribution in [2.45, 2.75) is 0 Å². The predicted molar refractivity (Wildman–Crippen MR) is 235 cm³/mol. The standard InChI is InChI=1S/C50H31BN2OS/c1-3-15-34(16-4-1)52(43-22-11-14-32-13-7-8-19-37(32)43)36-26-28-38-33(29-36)25-27-39-40-30-47-42(31-48(40)55-50(38)39)51-41-20-9-10-21-44(41)53(35-17-5-2-6-18-35)45-23-12-24-46(54-47)49(45)51/h1-31H. The van der Waals surface area contributed by atoms with Crippen molar-refractivity contribution in [1.82, 2.24) is 0 Å². The van der Waals surface area contributed by atoms with Crippen LogP contribution in [0, 0.1) is 0 Å². The first kappa shape index (κ1) is 30.6. The maximum atomic E-state index is 6.87. The number of thiophene rings is 1. The second kappa shape index (κ2) is 11.8. The molecule has 256 valence electrons. The number of nitrogens with zero attached hydrogens (tertiary/aromatic N) is 2. The molecule has 3 nitrogen and oxygen atoms in total. The fraction of sp³-hybridized carbons (Fsp3) is 0. The van der Waals surface area contributed by atoms with Gasteiger partial charge in [0, 0.05) is 54.0 Å². The van der Waals surface area contributed by atoms with E-state index in [2.05, 4.69) is 198 Å². The SMILES string of the molecule is c1ccc(N2c3ccccc3B3c4cc5sc6c7ccc(N(c8ccccc8)c8cccc9ccccc89)cc7ccc6c5cc4Oc4cccc2c43)cc1. The van der Waals surface area contributed by atoms with Gasteiger partial charge in [0.1, 0.15) is 11.5 Å². The van der Waals surface area contributed by atoms with Gasteiger partial charge < -0.3 is 14.5 Å². The van der Waals surface area contributed by atoms with Crippen molar-refractivity contribution in [3.63, 3.8) is 0 Å². The monoisotopic (exact) mass is 718 g/mol. The Morgan fingerprint density at radius 3 is 2.13 bits per heavy atom. The third-order valence-electron chi connectivity index (χ3n) is 11.5. The highest BCUT2D eigenvalue weighted by Crippen LogP contribution is 2.45. The van der Waals surface area contributed by atoms with Crippen LogP contribution in [0.25, 0.3) is 41.7 Å². The minimum atomic E-state index is 0.0677. The van der Waals surface area contributed by atoms with E-state index in [1.807, 2.05) is 11.3 Å². The Bertz CT molecular complexity index is 3150. The minimum Gasteiger partial charge on any atom is -0.458 e. The molecular weight excluding hydrogens is 687 g/mol. The Hall–Kier alpha value is -6.82. The van der Waals surface area contributed by atoms with E-state index in [9.17, 15) is 0 Å². The van der Waals surface area contributed by atoms with E-state index in [4.69, 9.17) is 4.74 Å². The zero-order valence-electron chi connectivity index (χ0n) is 29.7.